The number of thioether (sulfide) groups is 1. The number of hydrogen-bond donors (Lipinski definition) is 0. The molecule has 3 rings (SSSR count). The fourth-order valence-electron chi connectivity index (χ4n) is 2.62. The van der Waals surface area contributed by atoms with Crippen LogP contribution in [0.25, 0.3) is 0 Å². The van der Waals surface area contributed by atoms with Gasteiger partial charge in [-0.3, -0.25) is 9.79 Å². The number of allylic oxidation sites excluding steroid dienone is 1. The van der Waals surface area contributed by atoms with Crippen LogP contribution in [0.3, 0.4) is 0 Å². The molecule has 3 heteroatoms. The second-order valence-corrected chi connectivity index (χ2v) is 4.94. The van der Waals surface area contributed by atoms with Gasteiger partial charge in [0.1, 0.15) is 0 Å². The molecule has 68 valence electrons. The lowest BCUT2D eigenvalue weighted by Crippen LogP contribution is -2.23. The van der Waals surface area contributed by atoms with Gasteiger partial charge < -0.3 is 0 Å². The smallest absolute Gasteiger partial charge is 0.150 e. The lowest BCUT2D eigenvalue weighted by molar-refractivity contribution is -0.120. The summed E-state index contributed by atoms with van der Waals surface area (Å²) in [7, 11) is 0. The van der Waals surface area contributed by atoms with Gasteiger partial charge in [0, 0.05) is 30.5 Å². The van der Waals surface area contributed by atoms with Crippen molar-refractivity contribution in [2.24, 2.45) is 22.7 Å². The summed E-state index contributed by atoms with van der Waals surface area (Å²) in [6.07, 6.45) is 5.18. The molecular formula is C10H11NOS. The van der Waals surface area contributed by atoms with Crippen LogP contribution >= 0.6 is 11.8 Å². The van der Waals surface area contributed by atoms with Gasteiger partial charge in [0.05, 0.1) is 5.25 Å². The molecule has 1 fully saturated rings. The normalized spacial score (nSPS) is 46.6. The Bertz CT molecular complexity index is 310. The van der Waals surface area contributed by atoms with Gasteiger partial charge in [-0.15, -0.1) is 11.8 Å². The van der Waals surface area contributed by atoms with Gasteiger partial charge in [-0.1, -0.05) is 6.08 Å². The Morgan fingerprint density at radius 3 is 3.31 bits per heavy atom. The van der Waals surface area contributed by atoms with Gasteiger partial charge in [-0.05, 0) is 11.8 Å². The molecule has 0 radical (unpaired) electrons. The summed E-state index contributed by atoms with van der Waals surface area (Å²) >= 11 is 1.70. The molecule has 1 saturated carbocycles. The maximum Gasteiger partial charge on any atom is 0.150 e. The molecule has 0 spiro atoms. The lowest BCUT2D eigenvalue weighted by Gasteiger charge is -2.20. The van der Waals surface area contributed by atoms with Crippen molar-refractivity contribution in [2.75, 3.05) is 6.54 Å². The molecule has 0 bridgehead atoms. The van der Waals surface area contributed by atoms with Gasteiger partial charge in [0.25, 0.3) is 0 Å². The first-order valence-corrected chi connectivity index (χ1v) is 5.68. The molecule has 2 heterocycles. The third-order valence-electron chi connectivity index (χ3n) is 3.28. The number of rotatable bonds is 0. The van der Waals surface area contributed by atoms with Gasteiger partial charge in [0.15, 0.2) is 5.78 Å². The minimum absolute atomic E-state index is 0.222. The number of ketones is 1. The average molecular weight is 193 g/mol. The average Bonchev–Trinajstić information content (AvgIpc) is 2.72. The minimum Gasteiger partial charge on any atom is -0.298 e. The van der Waals surface area contributed by atoms with E-state index in [0.717, 1.165) is 13.0 Å². The van der Waals surface area contributed by atoms with Crippen molar-refractivity contribution >= 4 is 23.8 Å². The van der Waals surface area contributed by atoms with E-state index in [-0.39, 0.29) is 11.2 Å². The van der Waals surface area contributed by atoms with Crippen molar-refractivity contribution in [3.8, 4) is 0 Å². The predicted octanol–water partition coefficient (Wildman–Crippen LogP) is 1.52. The number of nitrogens with zero attached hydrogens (tertiary/aromatic N) is 1. The molecule has 0 aromatic carbocycles. The zero-order valence-corrected chi connectivity index (χ0v) is 8.04. The quantitative estimate of drug-likeness (QED) is 0.583. The lowest BCUT2D eigenvalue weighted by atomic mass is 9.86. The molecule has 2 aliphatic heterocycles. The molecule has 4 atom stereocenters. The first-order valence-electron chi connectivity index (χ1n) is 4.74. The summed E-state index contributed by atoms with van der Waals surface area (Å²) in [5.41, 5.74) is 0. The van der Waals surface area contributed by atoms with Gasteiger partial charge >= 0.3 is 0 Å². The largest absolute Gasteiger partial charge is 0.298 e. The van der Waals surface area contributed by atoms with Crippen LogP contribution < -0.4 is 0 Å². The maximum atomic E-state index is 11.9. The Hall–Kier alpha value is -0.570. The topological polar surface area (TPSA) is 29.4 Å². The second-order valence-electron chi connectivity index (χ2n) is 3.89. The van der Waals surface area contributed by atoms with E-state index in [4.69, 9.17) is 0 Å². The first kappa shape index (κ1) is 7.80. The van der Waals surface area contributed by atoms with E-state index < -0.39 is 0 Å². The Morgan fingerprint density at radius 2 is 2.38 bits per heavy atom. The molecule has 3 aliphatic rings. The Kier molecular flexibility index (Phi) is 1.62. The van der Waals surface area contributed by atoms with E-state index >= 15 is 0 Å². The van der Waals surface area contributed by atoms with E-state index in [2.05, 4.69) is 16.5 Å². The fraction of sp³-hybridized carbons (Fsp3) is 0.600. The molecule has 4 unspecified atom stereocenters. The highest BCUT2D eigenvalue weighted by molar-refractivity contribution is 8.03. The molecule has 0 N–H and O–H groups in total. The Morgan fingerprint density at radius 1 is 1.46 bits per heavy atom. The minimum atomic E-state index is 0.222. The van der Waals surface area contributed by atoms with Crippen molar-refractivity contribution in [3.05, 3.63) is 11.5 Å². The monoisotopic (exact) mass is 193 g/mol. The number of Topliss-reactive ketones (excluding diaryl/α,β-unsaturated/α-hetero) is 1. The number of fused-ring (bicyclic) bond motifs is 3. The number of carbonyl (C=O) groups is 1. The zero-order valence-electron chi connectivity index (χ0n) is 7.22. The maximum absolute atomic E-state index is 11.9. The van der Waals surface area contributed by atoms with Crippen LogP contribution in [-0.4, -0.2) is 23.8 Å². The Labute approximate surface area is 81.5 Å². The number of aliphatic imine (C=N–C) groups is 1. The number of hydrogen-bond acceptors (Lipinski definition) is 3. The van der Waals surface area contributed by atoms with Gasteiger partial charge in [-0.25, -0.2) is 0 Å². The van der Waals surface area contributed by atoms with Gasteiger partial charge in [0.2, 0.25) is 0 Å². The summed E-state index contributed by atoms with van der Waals surface area (Å²) in [6, 6.07) is 0. The van der Waals surface area contributed by atoms with Crippen LogP contribution in [0.2, 0.25) is 0 Å². The van der Waals surface area contributed by atoms with Crippen molar-refractivity contribution in [2.45, 2.75) is 11.7 Å². The molecule has 0 aromatic heterocycles. The second kappa shape index (κ2) is 2.71. The van der Waals surface area contributed by atoms with E-state index in [9.17, 15) is 4.79 Å². The van der Waals surface area contributed by atoms with Crippen LogP contribution in [0.5, 0.6) is 0 Å². The summed E-state index contributed by atoms with van der Waals surface area (Å²) in [6.45, 7) is 0.848. The SMILES string of the molecule is O=C1C2CCN=CC2C2C=CSC12. The highest BCUT2D eigenvalue weighted by Gasteiger charge is 2.50. The number of carbonyl (C=O) groups excluding carboxylic acids is 1. The van der Waals surface area contributed by atoms with Crippen LogP contribution in [-0.2, 0) is 4.79 Å². The van der Waals surface area contributed by atoms with Crippen LogP contribution in [0, 0.1) is 17.8 Å². The molecule has 13 heavy (non-hydrogen) atoms. The zero-order chi connectivity index (χ0) is 8.84. The van der Waals surface area contributed by atoms with E-state index in [1.165, 1.54) is 0 Å². The van der Waals surface area contributed by atoms with Crippen molar-refractivity contribution in [1.82, 2.24) is 0 Å². The molecular weight excluding hydrogens is 182 g/mol. The van der Waals surface area contributed by atoms with Crippen molar-refractivity contribution in [3.63, 3.8) is 0 Å². The van der Waals surface area contributed by atoms with E-state index in [1.807, 2.05) is 6.21 Å². The molecule has 0 amide bonds. The standard InChI is InChI=1S/C10H11NOS/c12-9-6-1-3-11-5-8(6)7-2-4-13-10(7)9/h2,4-8,10H,1,3H2. The molecule has 0 aromatic rings. The summed E-state index contributed by atoms with van der Waals surface area (Å²) in [5.74, 6) is 1.62. The molecule has 2 nitrogen and oxygen atoms in total. The van der Waals surface area contributed by atoms with Crippen LogP contribution in [0.1, 0.15) is 6.42 Å². The fourth-order valence-corrected chi connectivity index (χ4v) is 3.82. The summed E-state index contributed by atoms with van der Waals surface area (Å²) in [5, 5.41) is 2.30. The first-order chi connectivity index (χ1) is 6.38. The van der Waals surface area contributed by atoms with Crippen LogP contribution in [0.4, 0.5) is 0 Å². The Balaban J connectivity index is 2.00. The summed E-state index contributed by atoms with van der Waals surface area (Å²) < 4.78 is 0. The third kappa shape index (κ3) is 0.966. The van der Waals surface area contributed by atoms with Gasteiger partial charge in [-0.2, -0.15) is 0 Å². The molecule has 0 saturated heterocycles. The van der Waals surface area contributed by atoms with Crippen LogP contribution in [0.15, 0.2) is 16.5 Å². The van der Waals surface area contributed by atoms with Crippen molar-refractivity contribution < 1.29 is 4.79 Å². The third-order valence-corrected chi connectivity index (χ3v) is 4.43. The highest BCUT2D eigenvalue weighted by Crippen LogP contribution is 2.47. The molecule has 1 aliphatic carbocycles. The van der Waals surface area contributed by atoms with E-state index in [0.29, 0.717) is 17.6 Å². The van der Waals surface area contributed by atoms with Crippen molar-refractivity contribution in [1.29, 1.82) is 0 Å². The summed E-state index contributed by atoms with van der Waals surface area (Å²) in [4.78, 5) is 16.2. The van der Waals surface area contributed by atoms with E-state index in [1.54, 1.807) is 11.8 Å². The highest BCUT2D eigenvalue weighted by atomic mass is 32.2. The predicted molar refractivity (Wildman–Crippen MR) is 54.0 cm³/mol.